The van der Waals surface area contributed by atoms with E-state index >= 15 is 0 Å². The summed E-state index contributed by atoms with van der Waals surface area (Å²) in [6, 6.07) is 3.44. The summed E-state index contributed by atoms with van der Waals surface area (Å²) in [6.45, 7) is 4.00. The number of hydrogen-bond acceptors (Lipinski definition) is 8. The fraction of sp³-hybridized carbons (Fsp3) is 0.429. The predicted molar refractivity (Wildman–Crippen MR) is 106 cm³/mol. The molecule has 174 valence electrons. The van der Waals surface area contributed by atoms with Crippen LogP contribution in [0.5, 0.6) is 5.75 Å². The molecule has 1 aromatic carbocycles. The molecule has 1 aliphatic heterocycles. The van der Waals surface area contributed by atoms with E-state index < -0.39 is 65.6 Å². The lowest BCUT2D eigenvalue weighted by molar-refractivity contribution is -0.271. The largest absolute Gasteiger partial charge is 0.479 e. The third kappa shape index (κ3) is 4.89. The Morgan fingerprint density at radius 1 is 1.22 bits per heavy atom. The molecule has 5 unspecified atom stereocenters. The second-order valence-electron chi connectivity index (χ2n) is 6.48. The van der Waals surface area contributed by atoms with Crippen molar-refractivity contribution in [2.24, 2.45) is 0 Å². The molecule has 1 aliphatic rings. The van der Waals surface area contributed by atoms with E-state index in [4.69, 9.17) is 25.4 Å². The fourth-order valence-corrected chi connectivity index (χ4v) is 3.13. The molecule has 4 N–H and O–H groups in total. The molecule has 2 aromatic rings. The molecule has 5 atom stereocenters. The fourth-order valence-electron chi connectivity index (χ4n) is 3.13. The Hall–Kier alpha value is -3.04. The summed E-state index contributed by atoms with van der Waals surface area (Å²) in [7, 11) is 0. The molecule has 1 saturated heterocycles. The van der Waals surface area contributed by atoms with E-state index in [0.29, 0.717) is 0 Å². The van der Waals surface area contributed by atoms with Crippen LogP contribution < -0.4 is 10.4 Å². The number of carboxylic acids is 1. The maximum absolute atomic E-state index is 13.8. The van der Waals surface area contributed by atoms with Crippen LogP contribution >= 0.6 is 0 Å². The summed E-state index contributed by atoms with van der Waals surface area (Å²) in [5, 5.41) is 38.8. The molecule has 0 bridgehead atoms. The standard InChI is InChI=1S/C19H16F2O9.C2H6/c1-2-3-7-6-10(22)29-15-8(7)4-5-9(11(15)17(20)21)28-19-14(25)12(23)13(24)16(30-19)18(26)27;1-2/h1,4-6,12-14,16-17,19,23-25H,3H2,(H,26,27);1-2H3. The van der Waals surface area contributed by atoms with Crippen molar-refractivity contribution in [1.82, 2.24) is 0 Å². The number of aliphatic hydroxyl groups is 3. The normalized spacial score (nSPS) is 25.0. The minimum Gasteiger partial charge on any atom is -0.479 e. The van der Waals surface area contributed by atoms with Gasteiger partial charge in [0.25, 0.3) is 6.43 Å². The SMILES string of the molecule is C#CCc1cc(=O)oc2c(C(F)F)c(OC3OC(C(=O)O)C(O)C(O)C3O)ccc12.CC. The van der Waals surface area contributed by atoms with Crippen LogP contribution in [0.2, 0.25) is 0 Å². The third-order valence-electron chi connectivity index (χ3n) is 4.56. The van der Waals surface area contributed by atoms with Crippen LogP contribution in [0.1, 0.15) is 31.4 Å². The van der Waals surface area contributed by atoms with Gasteiger partial charge >= 0.3 is 11.6 Å². The van der Waals surface area contributed by atoms with Crippen LogP contribution in [0.25, 0.3) is 11.0 Å². The van der Waals surface area contributed by atoms with Crippen molar-refractivity contribution in [3.05, 3.63) is 39.7 Å². The first-order valence-electron chi connectivity index (χ1n) is 9.56. The molecule has 1 fully saturated rings. The lowest BCUT2D eigenvalue weighted by Crippen LogP contribution is -2.61. The van der Waals surface area contributed by atoms with E-state index in [2.05, 4.69) is 5.92 Å². The second kappa shape index (κ2) is 10.5. The zero-order valence-corrected chi connectivity index (χ0v) is 17.1. The van der Waals surface area contributed by atoms with Crippen LogP contribution in [0.3, 0.4) is 0 Å². The molecule has 9 nitrogen and oxygen atoms in total. The van der Waals surface area contributed by atoms with Crippen molar-refractivity contribution in [2.75, 3.05) is 0 Å². The zero-order valence-electron chi connectivity index (χ0n) is 17.1. The van der Waals surface area contributed by atoms with Crippen molar-refractivity contribution in [1.29, 1.82) is 0 Å². The van der Waals surface area contributed by atoms with Crippen molar-refractivity contribution in [3.8, 4) is 18.1 Å². The number of aliphatic carboxylic acids is 1. The number of terminal acetylenes is 1. The first-order valence-corrected chi connectivity index (χ1v) is 9.56. The topological polar surface area (TPSA) is 147 Å². The maximum atomic E-state index is 13.8. The minimum absolute atomic E-state index is 0.0280. The van der Waals surface area contributed by atoms with Gasteiger partial charge in [-0.2, -0.15) is 0 Å². The molecule has 32 heavy (non-hydrogen) atoms. The summed E-state index contributed by atoms with van der Waals surface area (Å²) in [4.78, 5) is 23.0. The molecule has 0 amide bonds. The van der Waals surface area contributed by atoms with Crippen LogP contribution in [0.15, 0.2) is 27.4 Å². The highest BCUT2D eigenvalue weighted by atomic mass is 19.3. The van der Waals surface area contributed by atoms with Gasteiger partial charge in [0.2, 0.25) is 6.29 Å². The van der Waals surface area contributed by atoms with E-state index in [1.54, 1.807) is 0 Å². The number of alkyl halides is 2. The van der Waals surface area contributed by atoms with Crippen LogP contribution in [-0.4, -0.2) is 57.1 Å². The lowest BCUT2D eigenvalue weighted by Gasteiger charge is -2.38. The average Bonchev–Trinajstić information content (AvgIpc) is 2.74. The first-order chi connectivity index (χ1) is 15.1. The first kappa shape index (κ1) is 25.2. The molecule has 2 heterocycles. The number of ether oxygens (including phenoxy) is 2. The Morgan fingerprint density at radius 3 is 2.44 bits per heavy atom. The quantitative estimate of drug-likeness (QED) is 0.385. The number of carboxylic acid groups (broad SMARTS) is 1. The van der Waals surface area contributed by atoms with E-state index in [1.807, 2.05) is 13.8 Å². The van der Waals surface area contributed by atoms with Gasteiger partial charge in [-0.1, -0.05) is 13.8 Å². The van der Waals surface area contributed by atoms with E-state index in [0.717, 1.165) is 12.1 Å². The van der Waals surface area contributed by atoms with Gasteiger partial charge in [-0.3, -0.25) is 0 Å². The van der Waals surface area contributed by atoms with Gasteiger partial charge in [0.05, 0.1) is 0 Å². The zero-order chi connectivity index (χ0) is 24.2. The molecule has 0 saturated carbocycles. The Bertz CT molecular complexity index is 1060. The van der Waals surface area contributed by atoms with E-state index in [9.17, 15) is 33.7 Å². The second-order valence-corrected chi connectivity index (χ2v) is 6.48. The minimum atomic E-state index is -3.21. The lowest BCUT2D eigenvalue weighted by atomic mass is 9.99. The van der Waals surface area contributed by atoms with Gasteiger partial charge in [-0.25, -0.2) is 18.4 Å². The molecule has 0 spiro atoms. The van der Waals surface area contributed by atoms with Crippen LogP contribution in [-0.2, 0) is 16.0 Å². The average molecular weight is 456 g/mol. The van der Waals surface area contributed by atoms with Gasteiger partial charge in [-0.05, 0) is 17.7 Å². The smallest absolute Gasteiger partial charge is 0.336 e. The van der Waals surface area contributed by atoms with Gasteiger partial charge in [0, 0.05) is 17.9 Å². The summed E-state index contributed by atoms with van der Waals surface area (Å²) >= 11 is 0. The molecular formula is C21H22F2O9. The number of fused-ring (bicyclic) bond motifs is 1. The van der Waals surface area contributed by atoms with Crippen LogP contribution in [0.4, 0.5) is 8.78 Å². The summed E-state index contributed by atoms with van der Waals surface area (Å²) < 4.78 is 42.7. The van der Waals surface area contributed by atoms with Crippen molar-refractivity contribution in [3.63, 3.8) is 0 Å². The Morgan fingerprint density at radius 2 is 1.88 bits per heavy atom. The molecule has 0 radical (unpaired) electrons. The highest BCUT2D eigenvalue weighted by Crippen LogP contribution is 2.38. The van der Waals surface area contributed by atoms with Gasteiger partial charge in [0.1, 0.15) is 29.6 Å². The number of carbonyl (C=O) groups is 1. The van der Waals surface area contributed by atoms with Crippen LogP contribution in [0, 0.1) is 12.3 Å². The Kier molecular flexibility index (Phi) is 8.29. The van der Waals surface area contributed by atoms with Gasteiger partial charge < -0.3 is 34.3 Å². The number of halogens is 2. The summed E-state index contributed by atoms with van der Waals surface area (Å²) in [6.07, 6.45) is -7.82. The molecule has 11 heteroatoms. The van der Waals surface area contributed by atoms with Gasteiger partial charge in [-0.15, -0.1) is 12.3 Å². The highest BCUT2D eigenvalue weighted by molar-refractivity contribution is 5.85. The van der Waals surface area contributed by atoms with Crippen molar-refractivity contribution >= 4 is 16.9 Å². The molecule has 3 rings (SSSR count). The van der Waals surface area contributed by atoms with E-state index in [-0.39, 0.29) is 17.4 Å². The highest BCUT2D eigenvalue weighted by Gasteiger charge is 2.48. The Labute approximate surface area is 180 Å². The number of hydrogen-bond donors (Lipinski definition) is 4. The maximum Gasteiger partial charge on any atom is 0.336 e. The summed E-state index contributed by atoms with van der Waals surface area (Å²) in [5.41, 5.74) is -2.01. The molecule has 0 aliphatic carbocycles. The van der Waals surface area contributed by atoms with Crippen molar-refractivity contribution < 1.29 is 47.9 Å². The number of aliphatic hydroxyl groups excluding tert-OH is 3. The van der Waals surface area contributed by atoms with E-state index in [1.165, 1.54) is 6.07 Å². The number of rotatable bonds is 5. The Balaban J connectivity index is 0.00000176. The van der Waals surface area contributed by atoms with Crippen molar-refractivity contribution in [2.45, 2.75) is 57.4 Å². The van der Waals surface area contributed by atoms with Gasteiger partial charge in [0.15, 0.2) is 11.7 Å². The monoisotopic (exact) mass is 456 g/mol. The molecule has 1 aromatic heterocycles. The summed E-state index contributed by atoms with van der Waals surface area (Å²) in [5.74, 6) is 0.0484. The third-order valence-corrected chi connectivity index (χ3v) is 4.56. The number of benzene rings is 1. The molecular weight excluding hydrogens is 434 g/mol. The predicted octanol–water partition coefficient (Wildman–Crippen LogP) is 1.20.